The lowest BCUT2D eigenvalue weighted by molar-refractivity contribution is -0.308. The molecule has 2 amide bonds. The van der Waals surface area contributed by atoms with Crippen molar-refractivity contribution in [2.45, 2.75) is 76.6 Å². The Hall–Kier alpha value is -2.51. The minimum atomic E-state index is -5.77. The van der Waals surface area contributed by atoms with Crippen LogP contribution in [0.15, 0.2) is 6.20 Å². The lowest BCUT2D eigenvalue weighted by Gasteiger charge is -2.44. The van der Waals surface area contributed by atoms with Crippen LogP contribution >= 0.6 is 0 Å². The van der Waals surface area contributed by atoms with Crippen LogP contribution in [0.3, 0.4) is 0 Å². The summed E-state index contributed by atoms with van der Waals surface area (Å²) in [4.78, 5) is 32.2. The minimum absolute atomic E-state index is 0.116. The van der Waals surface area contributed by atoms with Gasteiger partial charge in [0.15, 0.2) is 0 Å². The molecule has 0 unspecified atom stereocenters. The van der Waals surface area contributed by atoms with Gasteiger partial charge in [-0.3, -0.25) is 4.79 Å². The van der Waals surface area contributed by atoms with Gasteiger partial charge in [0.05, 0.1) is 6.54 Å². The number of piperidine rings is 1. The Morgan fingerprint density at radius 2 is 1.66 bits per heavy atom. The van der Waals surface area contributed by atoms with Crippen LogP contribution in [0.1, 0.15) is 55.8 Å². The topological polar surface area (TPSA) is 79.7 Å². The Bertz CT molecular complexity index is 871. The molecule has 3 aliphatic heterocycles. The van der Waals surface area contributed by atoms with Gasteiger partial charge in [0, 0.05) is 44.5 Å². The van der Waals surface area contributed by atoms with E-state index in [0.29, 0.717) is 38.2 Å². The van der Waals surface area contributed by atoms with E-state index in [1.54, 1.807) is 11.1 Å². The fourth-order valence-electron chi connectivity index (χ4n) is 4.81. The van der Waals surface area contributed by atoms with Crippen molar-refractivity contribution in [1.29, 1.82) is 0 Å². The Balaban J connectivity index is 0.00000167. The second-order valence-corrected chi connectivity index (χ2v) is 8.53. The summed E-state index contributed by atoms with van der Waals surface area (Å²) in [6, 6.07) is 0. The second kappa shape index (κ2) is 10.2. The average Bonchev–Trinajstić information content (AvgIpc) is 3.41. The van der Waals surface area contributed by atoms with Gasteiger partial charge in [-0.25, -0.2) is 9.78 Å². The van der Waals surface area contributed by atoms with Gasteiger partial charge in [-0.1, -0.05) is 13.8 Å². The van der Waals surface area contributed by atoms with Crippen LogP contribution in [0.4, 0.5) is 31.1 Å². The van der Waals surface area contributed by atoms with Gasteiger partial charge < -0.3 is 24.4 Å². The molecule has 198 valence electrons. The molecule has 3 aliphatic rings. The number of carbonyl (C=O) groups is 2. The van der Waals surface area contributed by atoms with Gasteiger partial charge in [0.2, 0.25) is 0 Å². The normalized spacial score (nSPS) is 19.9. The monoisotopic (exact) mass is 513 g/mol. The number of hydrogen-bond acceptors (Lipinski definition) is 5. The number of fused-ring (bicyclic) bond motifs is 1. The molecule has 14 heteroatoms. The summed E-state index contributed by atoms with van der Waals surface area (Å²) in [7, 11) is 0. The largest absolute Gasteiger partial charge is 0.434 e. The molecule has 1 aromatic rings. The van der Waals surface area contributed by atoms with Crippen LogP contribution in [-0.2, 0) is 17.8 Å². The Labute approximate surface area is 198 Å². The van der Waals surface area contributed by atoms with Crippen LogP contribution in [0, 0.1) is 0 Å². The van der Waals surface area contributed by atoms with E-state index in [-0.39, 0.29) is 31.8 Å². The molecular weight excluding hydrogens is 484 g/mol. The Morgan fingerprint density at radius 1 is 1.03 bits per heavy atom. The quantitative estimate of drug-likeness (QED) is 0.610. The molecule has 2 fully saturated rings. The first-order chi connectivity index (χ1) is 16.4. The summed E-state index contributed by atoms with van der Waals surface area (Å²) in [6.07, 6.45) is -13.9. The molecule has 1 aromatic heterocycles. The summed E-state index contributed by atoms with van der Waals surface area (Å²) >= 11 is 0. The van der Waals surface area contributed by atoms with Crippen molar-refractivity contribution in [3.63, 3.8) is 0 Å². The van der Waals surface area contributed by atoms with E-state index in [2.05, 4.69) is 15.0 Å². The first kappa shape index (κ1) is 27.1. The van der Waals surface area contributed by atoms with Crippen molar-refractivity contribution < 1.29 is 40.7 Å². The fraction of sp³-hybridized carbons (Fsp3) is 0.762. The highest BCUT2D eigenvalue weighted by molar-refractivity contribution is 5.93. The third kappa shape index (κ3) is 5.67. The molecule has 2 saturated heterocycles. The summed E-state index contributed by atoms with van der Waals surface area (Å²) in [5.41, 5.74) is -0.320. The van der Waals surface area contributed by atoms with Crippen molar-refractivity contribution in [1.82, 2.24) is 24.7 Å². The summed E-state index contributed by atoms with van der Waals surface area (Å²) in [6.45, 7) is 6.23. The molecular formula is C21H29F6N5O3. The molecule has 0 radical (unpaired) electrons. The lowest BCUT2D eigenvalue weighted by Crippen LogP contribution is -2.56. The van der Waals surface area contributed by atoms with Crippen LogP contribution in [0.2, 0.25) is 0 Å². The number of imidazole rings is 1. The predicted molar refractivity (Wildman–Crippen MR) is 111 cm³/mol. The maximum Gasteiger partial charge on any atom is 0.434 e. The molecule has 35 heavy (non-hydrogen) atoms. The zero-order valence-electron chi connectivity index (χ0n) is 19.5. The Morgan fingerprint density at radius 3 is 2.23 bits per heavy atom. The molecule has 8 nitrogen and oxygen atoms in total. The lowest BCUT2D eigenvalue weighted by atomic mass is 9.85. The maximum atomic E-state index is 13.2. The smallest absolute Gasteiger partial charge is 0.426 e. The van der Waals surface area contributed by atoms with E-state index < -0.39 is 30.1 Å². The van der Waals surface area contributed by atoms with E-state index in [0.717, 1.165) is 17.3 Å². The molecule has 0 saturated carbocycles. The van der Waals surface area contributed by atoms with E-state index in [4.69, 9.17) is 0 Å². The molecule has 4 rings (SSSR count). The number of halogens is 6. The van der Waals surface area contributed by atoms with Gasteiger partial charge in [0.1, 0.15) is 11.5 Å². The summed E-state index contributed by atoms with van der Waals surface area (Å²) in [5.74, 6) is 0.485. The third-order valence-electron chi connectivity index (χ3n) is 6.50. The highest BCUT2D eigenvalue weighted by Gasteiger charge is 2.60. The van der Waals surface area contributed by atoms with Gasteiger partial charge >= 0.3 is 18.4 Å². The highest BCUT2D eigenvalue weighted by atomic mass is 19.4. The van der Waals surface area contributed by atoms with Crippen LogP contribution in [0.5, 0.6) is 0 Å². The number of likely N-dealkylation sites (tertiary alicyclic amines) is 2. The highest BCUT2D eigenvalue weighted by Crippen LogP contribution is 2.40. The molecule has 4 heterocycles. The second-order valence-electron chi connectivity index (χ2n) is 8.53. The van der Waals surface area contributed by atoms with Gasteiger partial charge in [-0.15, -0.1) is 0 Å². The molecule has 0 atom stereocenters. The minimum Gasteiger partial charge on any atom is -0.426 e. The number of amides is 2. The van der Waals surface area contributed by atoms with Gasteiger partial charge in [-0.2, -0.15) is 26.3 Å². The van der Waals surface area contributed by atoms with E-state index >= 15 is 0 Å². The van der Waals surface area contributed by atoms with E-state index in [1.807, 2.05) is 18.4 Å². The number of ether oxygens (including phenoxy) is 1. The van der Waals surface area contributed by atoms with E-state index in [1.165, 1.54) is 0 Å². The molecule has 1 spiro atoms. The van der Waals surface area contributed by atoms with Crippen molar-refractivity contribution in [3.8, 4) is 0 Å². The third-order valence-corrected chi connectivity index (χ3v) is 6.50. The number of carbonyl (C=O) groups excluding carboxylic acids is 2. The zero-order valence-corrected chi connectivity index (χ0v) is 19.5. The Kier molecular flexibility index (Phi) is 7.92. The predicted octanol–water partition coefficient (Wildman–Crippen LogP) is 3.71. The number of alkyl halides is 6. The molecule has 1 N–H and O–H groups in total. The van der Waals surface area contributed by atoms with Crippen molar-refractivity contribution in [2.24, 2.45) is 0 Å². The number of rotatable bonds is 2. The number of nitrogens with zero attached hydrogens (tertiary/aromatic N) is 4. The zero-order chi connectivity index (χ0) is 26.0. The summed E-state index contributed by atoms with van der Waals surface area (Å²) < 4.78 is 81.9. The number of nitrogens with one attached hydrogen (secondary N) is 1. The summed E-state index contributed by atoms with van der Waals surface area (Å²) in [5, 5.41) is 3.17. The van der Waals surface area contributed by atoms with Crippen LogP contribution in [0.25, 0.3) is 0 Å². The molecule has 0 aromatic carbocycles. The van der Waals surface area contributed by atoms with Crippen molar-refractivity contribution in [2.75, 3.05) is 26.2 Å². The van der Waals surface area contributed by atoms with Crippen molar-refractivity contribution >= 4 is 12.0 Å². The fourth-order valence-corrected chi connectivity index (χ4v) is 4.81. The number of aromatic nitrogens is 2. The SMILES string of the molecule is CC.O=C(OC(C(F)(F)F)C(F)(F)F)N1CCC2(CCCN2C(=O)c2cn3c(n2)CNCC3)CC1. The van der Waals surface area contributed by atoms with E-state index in [9.17, 15) is 35.9 Å². The molecule has 0 bridgehead atoms. The van der Waals surface area contributed by atoms with Gasteiger partial charge in [-0.05, 0) is 25.7 Å². The van der Waals surface area contributed by atoms with Crippen molar-refractivity contribution in [3.05, 3.63) is 17.7 Å². The first-order valence-electron chi connectivity index (χ1n) is 11.6. The van der Waals surface area contributed by atoms with Gasteiger partial charge in [0.25, 0.3) is 12.0 Å². The number of hydrogen-bond donors (Lipinski definition) is 1. The average molecular weight is 513 g/mol. The van der Waals surface area contributed by atoms with Crippen LogP contribution in [-0.4, -0.2) is 81.5 Å². The molecule has 0 aliphatic carbocycles. The maximum absolute atomic E-state index is 13.2. The first-order valence-corrected chi connectivity index (χ1v) is 11.6. The standard InChI is InChI=1S/C19H23F6N5O3.C2H6/c20-18(21,22)15(19(23,24)25)33-16(32)28-7-3-17(4-8-28)2-1-6-30(17)14(31)12-11-29-9-5-26-10-13(29)27-12;1-2/h11,15,26H,1-10H2;1-2H3. The van der Waals surface area contributed by atoms with Crippen LogP contribution < -0.4 is 5.32 Å².